The van der Waals surface area contributed by atoms with Crippen LogP contribution in [-0.4, -0.2) is 48.2 Å². The number of rotatable bonds is 7. The van der Waals surface area contributed by atoms with Crippen molar-refractivity contribution < 1.29 is 36.6 Å². The van der Waals surface area contributed by atoms with Crippen LogP contribution in [0, 0.1) is 5.82 Å². The van der Waals surface area contributed by atoms with Crippen molar-refractivity contribution in [2.24, 2.45) is 0 Å². The molecular weight excluding hydrogens is 429 g/mol. The quantitative estimate of drug-likeness (QED) is 0.604. The zero-order valence-electron chi connectivity index (χ0n) is 15.6. The number of sulfonamides is 1. The first-order chi connectivity index (χ1) is 13.6. The Kier molecular flexibility index (Phi) is 7.04. The third kappa shape index (κ3) is 4.77. The van der Waals surface area contributed by atoms with Crippen molar-refractivity contribution in [2.75, 3.05) is 32.2 Å². The van der Waals surface area contributed by atoms with E-state index in [1.165, 1.54) is 19.2 Å². The van der Waals surface area contributed by atoms with Gasteiger partial charge in [-0.3, -0.25) is 9.10 Å². The summed E-state index contributed by atoms with van der Waals surface area (Å²) in [5, 5.41) is -0.0703. The van der Waals surface area contributed by atoms with Crippen LogP contribution in [0.15, 0.2) is 41.3 Å². The van der Waals surface area contributed by atoms with Gasteiger partial charge in [-0.05, 0) is 36.4 Å². The highest BCUT2D eigenvalue weighted by atomic mass is 35.5. The molecule has 2 rings (SSSR count). The van der Waals surface area contributed by atoms with Crippen LogP contribution in [0.25, 0.3) is 0 Å². The van der Waals surface area contributed by atoms with Crippen LogP contribution in [-0.2, 0) is 24.3 Å². The van der Waals surface area contributed by atoms with Gasteiger partial charge in [0.1, 0.15) is 6.54 Å². The molecule has 0 spiro atoms. The lowest BCUT2D eigenvalue weighted by atomic mass is 10.2. The minimum Gasteiger partial charge on any atom is -0.494 e. The number of esters is 2. The van der Waals surface area contributed by atoms with Crippen molar-refractivity contribution >= 4 is 39.3 Å². The summed E-state index contributed by atoms with van der Waals surface area (Å²) in [6.07, 6.45) is 0. The predicted molar refractivity (Wildman–Crippen MR) is 102 cm³/mol. The number of anilines is 1. The van der Waals surface area contributed by atoms with E-state index in [4.69, 9.17) is 16.3 Å². The van der Waals surface area contributed by atoms with Gasteiger partial charge in [0.15, 0.2) is 11.6 Å². The van der Waals surface area contributed by atoms with Crippen molar-refractivity contribution in [1.29, 1.82) is 0 Å². The highest BCUT2D eigenvalue weighted by molar-refractivity contribution is 7.92. The highest BCUT2D eigenvalue weighted by Gasteiger charge is 2.30. The average Bonchev–Trinajstić information content (AvgIpc) is 2.71. The molecule has 0 atom stereocenters. The third-order valence-electron chi connectivity index (χ3n) is 3.85. The molecule has 0 aliphatic carbocycles. The second kappa shape index (κ2) is 9.10. The van der Waals surface area contributed by atoms with Crippen LogP contribution in [0.1, 0.15) is 10.4 Å². The summed E-state index contributed by atoms with van der Waals surface area (Å²) in [4.78, 5) is 23.2. The van der Waals surface area contributed by atoms with Crippen LogP contribution >= 0.6 is 11.6 Å². The zero-order chi connectivity index (χ0) is 21.8. The van der Waals surface area contributed by atoms with Crippen LogP contribution < -0.4 is 9.04 Å². The van der Waals surface area contributed by atoms with Gasteiger partial charge in [-0.1, -0.05) is 11.6 Å². The second-order valence-corrected chi connectivity index (χ2v) is 7.81. The van der Waals surface area contributed by atoms with Gasteiger partial charge >= 0.3 is 11.9 Å². The average molecular weight is 446 g/mol. The van der Waals surface area contributed by atoms with Crippen molar-refractivity contribution in [3.05, 3.63) is 52.8 Å². The fraction of sp³-hybridized carbons (Fsp3) is 0.222. The number of carbonyl (C=O) groups is 2. The molecule has 156 valence electrons. The van der Waals surface area contributed by atoms with Crippen LogP contribution in [0.5, 0.6) is 5.75 Å². The molecule has 0 fully saturated rings. The summed E-state index contributed by atoms with van der Waals surface area (Å²) in [7, 11) is -1.02. The SMILES string of the molecule is COC(=O)CN(c1cc(C(=O)OC)ccc1Cl)S(=O)(=O)c1ccc(OC)c(F)c1. The molecule has 0 heterocycles. The van der Waals surface area contributed by atoms with Gasteiger partial charge in [0.2, 0.25) is 0 Å². The molecule has 8 nitrogen and oxygen atoms in total. The van der Waals surface area contributed by atoms with E-state index in [1.807, 2.05) is 0 Å². The standard InChI is InChI=1S/C18H17ClFNO7S/c1-26-16-7-5-12(9-14(16)20)29(24,25)21(10-17(22)27-2)15-8-11(18(23)28-3)4-6-13(15)19/h4-9H,10H2,1-3H3. The van der Waals surface area contributed by atoms with E-state index in [1.54, 1.807) is 0 Å². The summed E-state index contributed by atoms with van der Waals surface area (Å²) >= 11 is 6.13. The maximum atomic E-state index is 14.1. The molecular formula is C18H17ClFNO7S. The Balaban J connectivity index is 2.66. The van der Waals surface area contributed by atoms with Crippen LogP contribution in [0.3, 0.4) is 0 Å². The van der Waals surface area contributed by atoms with Crippen LogP contribution in [0.4, 0.5) is 10.1 Å². The number of benzene rings is 2. The molecule has 0 unspecified atom stereocenters. The molecule has 0 amide bonds. The van der Waals surface area contributed by atoms with Crippen molar-refractivity contribution in [1.82, 2.24) is 0 Å². The topological polar surface area (TPSA) is 99.2 Å². The lowest BCUT2D eigenvalue weighted by molar-refractivity contribution is -0.138. The maximum absolute atomic E-state index is 14.1. The minimum atomic E-state index is -4.48. The molecule has 0 radical (unpaired) electrons. The Bertz CT molecular complexity index is 1040. The Labute approximate surface area is 171 Å². The van der Waals surface area contributed by atoms with Gasteiger partial charge in [0.05, 0.1) is 42.5 Å². The third-order valence-corrected chi connectivity index (χ3v) is 5.92. The number of hydrogen-bond acceptors (Lipinski definition) is 7. The lowest BCUT2D eigenvalue weighted by Crippen LogP contribution is -2.36. The molecule has 0 bridgehead atoms. The summed E-state index contributed by atoms with van der Waals surface area (Å²) in [5.41, 5.74) is -0.186. The van der Waals surface area contributed by atoms with E-state index >= 15 is 0 Å². The number of nitrogens with zero attached hydrogens (tertiary/aromatic N) is 1. The molecule has 0 N–H and O–H groups in total. The van der Waals surface area contributed by atoms with Gasteiger partial charge < -0.3 is 14.2 Å². The molecule has 2 aromatic rings. The van der Waals surface area contributed by atoms with Gasteiger partial charge in [0, 0.05) is 0 Å². The van der Waals surface area contributed by atoms with Gasteiger partial charge in [-0.2, -0.15) is 0 Å². The number of carbonyl (C=O) groups excluding carboxylic acids is 2. The molecule has 2 aromatic carbocycles. The monoisotopic (exact) mass is 445 g/mol. The number of hydrogen-bond donors (Lipinski definition) is 0. The van der Waals surface area contributed by atoms with E-state index in [0.29, 0.717) is 4.31 Å². The van der Waals surface area contributed by atoms with Gasteiger partial charge in [0.25, 0.3) is 10.0 Å². The van der Waals surface area contributed by atoms with E-state index in [2.05, 4.69) is 9.47 Å². The molecule has 0 aliphatic heterocycles. The second-order valence-electron chi connectivity index (χ2n) is 5.54. The fourth-order valence-corrected chi connectivity index (χ4v) is 4.07. The van der Waals surface area contributed by atoms with Crippen molar-refractivity contribution in [2.45, 2.75) is 4.90 Å². The van der Waals surface area contributed by atoms with Crippen LogP contribution in [0.2, 0.25) is 5.02 Å². The Morgan fingerprint density at radius 2 is 1.76 bits per heavy atom. The number of ether oxygens (including phenoxy) is 3. The summed E-state index contributed by atoms with van der Waals surface area (Å²) < 4.78 is 55.0. The molecule has 11 heteroatoms. The van der Waals surface area contributed by atoms with Crippen molar-refractivity contribution in [3.8, 4) is 5.75 Å². The lowest BCUT2D eigenvalue weighted by Gasteiger charge is -2.25. The Hall–Kier alpha value is -2.85. The first-order valence-electron chi connectivity index (χ1n) is 7.96. The molecule has 0 aliphatic rings. The Morgan fingerprint density at radius 3 is 2.31 bits per heavy atom. The van der Waals surface area contributed by atoms with E-state index < -0.39 is 39.2 Å². The van der Waals surface area contributed by atoms with E-state index in [0.717, 1.165) is 38.5 Å². The number of methoxy groups -OCH3 is 3. The maximum Gasteiger partial charge on any atom is 0.337 e. The first kappa shape index (κ1) is 22.4. The Morgan fingerprint density at radius 1 is 1.07 bits per heavy atom. The van der Waals surface area contributed by atoms with E-state index in [9.17, 15) is 22.4 Å². The highest BCUT2D eigenvalue weighted by Crippen LogP contribution is 2.33. The minimum absolute atomic E-state index is 0.00197. The summed E-state index contributed by atoms with van der Waals surface area (Å²) in [6, 6.07) is 6.74. The molecule has 0 saturated carbocycles. The number of halogens is 2. The summed E-state index contributed by atoms with van der Waals surface area (Å²) in [6.45, 7) is -0.767. The normalized spacial score (nSPS) is 10.9. The van der Waals surface area contributed by atoms with Gasteiger partial charge in [-0.25, -0.2) is 17.6 Å². The predicted octanol–water partition coefficient (Wildman–Crippen LogP) is 2.64. The van der Waals surface area contributed by atoms with Gasteiger partial charge in [-0.15, -0.1) is 0 Å². The zero-order valence-corrected chi connectivity index (χ0v) is 17.2. The molecule has 0 aromatic heterocycles. The molecule has 29 heavy (non-hydrogen) atoms. The summed E-state index contributed by atoms with van der Waals surface area (Å²) in [5.74, 6) is -2.72. The van der Waals surface area contributed by atoms with Crippen molar-refractivity contribution in [3.63, 3.8) is 0 Å². The van der Waals surface area contributed by atoms with E-state index in [-0.39, 0.29) is 22.0 Å². The fourth-order valence-electron chi connectivity index (χ4n) is 2.36. The smallest absolute Gasteiger partial charge is 0.337 e. The first-order valence-corrected chi connectivity index (χ1v) is 9.78. The molecule has 0 saturated heterocycles. The largest absolute Gasteiger partial charge is 0.494 e.